The van der Waals surface area contributed by atoms with Gasteiger partial charge in [-0.05, 0) is 111 Å². The summed E-state index contributed by atoms with van der Waals surface area (Å²) in [5.74, 6) is -1.86. The maximum Gasteiger partial charge on any atom is 0.411 e. The zero-order valence-electron chi connectivity index (χ0n) is 82.9. The van der Waals surface area contributed by atoms with Crippen molar-refractivity contribution in [3.63, 3.8) is 0 Å². The molecule has 0 radical (unpaired) electrons. The van der Waals surface area contributed by atoms with E-state index in [0.717, 1.165) is 58.4 Å². The predicted molar refractivity (Wildman–Crippen MR) is 583 cm³/mol. The number of nitrogens with one attached hydrogen (secondary N) is 4. The fourth-order valence-corrected chi connectivity index (χ4v) is 13.6. The molecule has 0 unspecified atom stereocenters. The summed E-state index contributed by atoms with van der Waals surface area (Å²) in [5.41, 5.74) is 8.56. The highest BCUT2D eigenvalue weighted by molar-refractivity contribution is 8.51. The van der Waals surface area contributed by atoms with Gasteiger partial charge in [-0.2, -0.15) is 44.1 Å². The van der Waals surface area contributed by atoms with Crippen LogP contribution in [0.2, 0.25) is 0 Å². The Morgan fingerprint density at radius 2 is 0.953 bits per heavy atom. The van der Waals surface area contributed by atoms with Crippen molar-refractivity contribution in [3.8, 4) is 22.3 Å². The van der Waals surface area contributed by atoms with E-state index in [0.29, 0.717) is 51.6 Å². The number of ketones is 2. The maximum absolute atomic E-state index is 14.4. The van der Waals surface area contributed by atoms with Crippen LogP contribution in [0.5, 0.6) is 0 Å². The number of imidazole rings is 1. The van der Waals surface area contributed by atoms with Gasteiger partial charge in [-0.1, -0.05) is 12.1 Å². The number of carboxylic acid groups (broad SMARTS) is 2. The summed E-state index contributed by atoms with van der Waals surface area (Å²) in [6, 6.07) is 13.6. The van der Waals surface area contributed by atoms with Crippen LogP contribution >= 0.6 is 49.0 Å². The lowest BCUT2D eigenvalue weighted by atomic mass is 10.0. The standard InChI is InChI=1S/C26H26F2N8O3.C16H14N4O3.C15H23FN4O3.C10H15FN4O.C10H16FNO4.C5H7F2N3.C4H6N2.CH3ClO2S.2ClH.S4.S3.S2.H2S/c1-15(37)25-20-9-17(18-11-29-16(2)30-12-18)3-4-21(20)36(33-25)14-24(38)35-13-19(28)10-22(35)26(39)31-23-5-7-34(32-23)8-6-27;1-9(21)16-13-5-11(12-6-17-10(2)18-7-12)3-4-14(13)20(19-16)8-15(22)23;1-5-19-7-6-12(18-19)17-13(21)11-8-10(16)9-20(11)14(22)23-15(2,3)4;1-2-15-4-3-9(14-15)13-10(16)8-5-7(11)6-12-8;1-10(2,3)16-9(15)12-5-6(11)4-7(12)8(13)14;6-4(7)3-10-2-1-5(8)9-10;1-6-3-2-5-4-6;1-5(2,3)4;;;1-3-4-2;1-3-2;1-2;/h3-5,7,9,11-12,19,22H,6,8,10,13-14H2,1-2H3,(H,31,32,39);3-7H,8H2,1-2H3,(H,22,23);6-7,10-11H,5,8-9H2,1-4H3,(H,17,18,21);3-4,7-8,12H,2,5-6H2,1H3,(H,13,14,16);6-7H,4-5H2,1-3H3,(H,13,14);1-2,4H,3H2,(H2,8,9);2-4H,1H3;1H3;2*1H;;;;1H2/t19-,22+;;10-,11+;7-,8+;6-,7+;;;;;;;;;/m1.111........./s1. The van der Waals surface area contributed by atoms with E-state index in [1.807, 2.05) is 49.9 Å². The molecule has 4 fully saturated rings. The Balaban J connectivity index is 0.000000605. The fraction of sp³-hybridized carbons (Fsp3) is 0.460. The highest BCUT2D eigenvalue weighted by Crippen LogP contribution is 2.32. The van der Waals surface area contributed by atoms with Crippen LogP contribution in [-0.4, -0.2) is 286 Å². The Kier molecular flexibility index (Phi) is 59.2. The first kappa shape index (κ1) is 135. The number of alkyl halides is 7. The Hall–Kier alpha value is -11.3. The summed E-state index contributed by atoms with van der Waals surface area (Å²) in [7, 11) is 6.50. The molecule has 0 bridgehead atoms. The number of carbonyl (C=O) groups is 10. The lowest BCUT2D eigenvalue weighted by molar-refractivity contribution is -0.142. The molecule has 6 amide bonds. The topological polar surface area (TPSA) is 524 Å². The summed E-state index contributed by atoms with van der Waals surface area (Å²) in [4.78, 5) is 144. The van der Waals surface area contributed by atoms with Gasteiger partial charge < -0.3 is 56.2 Å². The summed E-state index contributed by atoms with van der Waals surface area (Å²) < 4.78 is 129. The van der Waals surface area contributed by atoms with Crippen LogP contribution in [-0.2, 0) is 187 Å². The Morgan fingerprint density at radius 3 is 1.29 bits per heavy atom. The number of benzene rings is 2. The molecule has 15 rings (SSSR count). The second kappa shape index (κ2) is 65.8. The van der Waals surface area contributed by atoms with Crippen molar-refractivity contribution in [2.24, 2.45) is 7.05 Å². The van der Waals surface area contributed by atoms with Gasteiger partial charge in [0.25, 0.3) is 6.43 Å². The molecule has 0 aliphatic carbocycles. The summed E-state index contributed by atoms with van der Waals surface area (Å²) >= 11 is 24.2. The number of fused-ring (bicyclic) bond motifs is 2. The SMILES string of the molecule is CC(=O)c1nn(CC(=O)N2C[C@H](F)C[C@H]2C(=O)Nc2ccn(CCF)n2)c2ccc(-c3cnc(C)nc3)cc12.CC(=O)c1nn(CC(=O)O)c2ccc(-c3cnc(C)nc3)cc12.CC(C)(C)OC(=O)N1C[C@H](F)C[C@H]1C(=O)O.CCn1ccc(NC(=O)[C@@H]2C[C@@H](F)CN2)n1.CCn1ccc(NC(=O)[C@@H]2C[C@@H](F)CN2C(=O)OC(C)(C)C)n1.CS(=O)(=O)Cl.Cl.Cl.Cn1ccnc1.Nc1ccn(CC(F)F)n1.S.S=S.S=S=S.S=S=S=S. The van der Waals surface area contributed by atoms with Crippen molar-refractivity contribution >= 4 is 256 Å². The van der Waals surface area contributed by atoms with E-state index in [4.69, 9.17) is 25.4 Å². The number of aryl methyl sites for hydroxylation is 6. The Bertz CT molecular complexity index is 6480. The van der Waals surface area contributed by atoms with Gasteiger partial charge in [0.1, 0.15) is 109 Å². The number of amides is 6. The van der Waals surface area contributed by atoms with Crippen molar-refractivity contribution in [1.29, 1.82) is 0 Å². The zero-order valence-corrected chi connectivity index (χ0v) is 94.5. The number of Topliss-reactive ketones (excluding diaryl/α,β-unsaturated/α-hetero) is 2. The molecule has 4 saturated heterocycles. The van der Waals surface area contributed by atoms with E-state index >= 15 is 0 Å². The number of likely N-dealkylation sites (tertiary alicyclic amines) is 3. The molecule has 8 atom stereocenters. The fourth-order valence-electron chi connectivity index (χ4n) is 13.6. The van der Waals surface area contributed by atoms with E-state index in [1.54, 1.807) is 145 Å². The lowest BCUT2D eigenvalue weighted by Gasteiger charge is -2.27. The molecule has 11 aromatic rings. The number of nitrogens with two attached hydrogens (primary N) is 1. The van der Waals surface area contributed by atoms with Crippen LogP contribution in [0.1, 0.15) is 128 Å². The number of rotatable bonds is 21. The largest absolute Gasteiger partial charge is 0.480 e. The molecule has 0 saturated carbocycles. The van der Waals surface area contributed by atoms with Crippen molar-refractivity contribution < 1.29 is 107 Å². The molecule has 824 valence electrons. The van der Waals surface area contributed by atoms with Gasteiger partial charge in [-0.25, -0.2) is 78.5 Å². The first-order chi connectivity index (χ1) is 69.2. The molecule has 4 aliphatic rings. The van der Waals surface area contributed by atoms with Crippen molar-refractivity contribution in [1.82, 2.24) is 108 Å². The average Bonchev–Trinajstić information content (AvgIpc) is 1.62. The van der Waals surface area contributed by atoms with Crippen LogP contribution in [0.3, 0.4) is 0 Å². The number of nitrogens with zero attached hydrogens (tertiary/aromatic N) is 21. The molecule has 2 aromatic carbocycles. The number of hydrogen-bond acceptors (Lipinski definition) is 33. The first-order valence-electron chi connectivity index (χ1n) is 44.0. The number of aliphatic carboxylic acids is 2. The smallest absolute Gasteiger partial charge is 0.411 e. The summed E-state index contributed by atoms with van der Waals surface area (Å²) in [6.45, 7) is 20.0. The molecular formula is C87H114Cl3F7N26O16S11. The molecule has 13 heterocycles. The van der Waals surface area contributed by atoms with Crippen LogP contribution in [0.25, 0.3) is 44.1 Å². The number of carboxylic acids is 2. The third kappa shape index (κ3) is 46.5. The molecular weight excluding hydrogens is 2260 g/mol. The minimum Gasteiger partial charge on any atom is -0.480 e. The second-order valence-electron chi connectivity index (χ2n) is 33.7. The number of nitrogen functional groups attached to an aromatic ring is 1. The number of halogens is 10. The second-order valence-corrected chi connectivity index (χ2v) is 42.1. The van der Waals surface area contributed by atoms with E-state index in [9.17, 15) is 87.1 Å². The number of carbonyl (C=O) groups excluding carboxylic acids is 8. The number of anilines is 4. The van der Waals surface area contributed by atoms with E-state index in [1.165, 1.54) is 75.1 Å². The van der Waals surface area contributed by atoms with Crippen molar-refractivity contribution in [2.75, 3.05) is 60.8 Å². The molecule has 63 heteroatoms. The predicted octanol–water partition coefficient (Wildman–Crippen LogP) is 11.3. The molecule has 0 spiro atoms. The van der Waals surface area contributed by atoms with E-state index in [-0.39, 0.29) is 150 Å². The van der Waals surface area contributed by atoms with Gasteiger partial charge in [0, 0.05) is 273 Å². The third-order valence-corrected chi connectivity index (χ3v) is 22.1. The van der Waals surface area contributed by atoms with Crippen molar-refractivity contribution in [2.45, 2.75) is 215 Å². The first-order valence-corrected chi connectivity index (χ1v) is 54.7. The normalized spacial score (nSPS) is 16.4. The molecule has 4 aliphatic heterocycles. The van der Waals surface area contributed by atoms with Gasteiger partial charge in [0.15, 0.2) is 29.0 Å². The minimum absolute atomic E-state index is 0. The molecule has 42 nitrogen and oxygen atoms in total. The van der Waals surface area contributed by atoms with Crippen LogP contribution in [0.4, 0.5) is 63.6 Å². The van der Waals surface area contributed by atoms with Gasteiger partial charge in [0.2, 0.25) is 32.7 Å². The van der Waals surface area contributed by atoms with Crippen LogP contribution in [0.15, 0.2) is 129 Å². The number of ether oxygens (including phenoxy) is 2. The minimum atomic E-state index is -3.19. The molecule has 9 aromatic heterocycles. The quantitative estimate of drug-likeness (QED) is 0.0200. The Labute approximate surface area is 920 Å². The Morgan fingerprint density at radius 1 is 0.567 bits per heavy atom. The van der Waals surface area contributed by atoms with Gasteiger partial charge in [-0.3, -0.25) is 71.5 Å². The lowest BCUT2D eigenvalue weighted by Crippen LogP contribution is -2.45. The van der Waals surface area contributed by atoms with Crippen LogP contribution in [0, 0.1) is 13.8 Å². The molecule has 150 heavy (non-hydrogen) atoms. The number of aromatic nitrogens is 18. The average molecular weight is 2370 g/mol. The number of hydrogen-bond donors (Lipinski definition) is 7. The summed E-state index contributed by atoms with van der Waals surface area (Å²) in [6.07, 6.45) is 10.7. The van der Waals surface area contributed by atoms with Crippen LogP contribution < -0.4 is 27.0 Å². The summed E-state index contributed by atoms with van der Waals surface area (Å²) in [5, 5.41) is 54.0. The highest BCUT2D eigenvalue weighted by atomic mass is 35.7. The zero-order chi connectivity index (χ0) is 110. The highest BCUT2D eigenvalue weighted by Gasteiger charge is 2.45. The monoisotopic (exact) mass is 2370 g/mol. The van der Waals surface area contributed by atoms with Crippen molar-refractivity contribution in [3.05, 3.63) is 152 Å². The van der Waals surface area contributed by atoms with E-state index in [2.05, 4.69) is 155 Å². The third-order valence-electron chi connectivity index (χ3n) is 19.9. The molecule has 8 N–H and O–H groups in total. The van der Waals surface area contributed by atoms with E-state index < -0.39 is 131 Å². The maximum atomic E-state index is 14.4. The van der Waals surface area contributed by atoms with Gasteiger partial charge >= 0.3 is 24.1 Å². The van der Waals surface area contributed by atoms with Gasteiger partial charge in [0.05, 0.1) is 55.8 Å². The van der Waals surface area contributed by atoms with Gasteiger partial charge in [-0.15, -0.1) is 24.8 Å².